The maximum Gasteiger partial charge on any atom is 0.290 e. The van der Waals surface area contributed by atoms with Crippen molar-refractivity contribution in [1.82, 2.24) is 19.9 Å². The molecule has 0 aromatic carbocycles. The van der Waals surface area contributed by atoms with Gasteiger partial charge >= 0.3 is 0 Å². The summed E-state index contributed by atoms with van der Waals surface area (Å²) in [7, 11) is 0. The molecule has 0 radical (unpaired) electrons. The number of aromatic amines is 1. The highest BCUT2D eigenvalue weighted by atomic mass is 16.1. The van der Waals surface area contributed by atoms with E-state index in [1.807, 2.05) is 0 Å². The summed E-state index contributed by atoms with van der Waals surface area (Å²) in [5.74, 6) is 3.37. The van der Waals surface area contributed by atoms with E-state index in [9.17, 15) is 4.79 Å². The van der Waals surface area contributed by atoms with E-state index < -0.39 is 0 Å². The first-order valence-corrected chi connectivity index (χ1v) is 9.13. The molecule has 25 heavy (non-hydrogen) atoms. The number of fused-ring (bicyclic) bond motifs is 1. The van der Waals surface area contributed by atoms with E-state index in [0.29, 0.717) is 23.6 Å². The molecule has 4 heterocycles. The summed E-state index contributed by atoms with van der Waals surface area (Å²) in [4.78, 5) is 32.4. The highest BCUT2D eigenvalue weighted by molar-refractivity contribution is 5.44. The maximum absolute atomic E-state index is 12.0. The van der Waals surface area contributed by atoms with Crippen LogP contribution in [0, 0.1) is 11.8 Å². The number of nitrogens with one attached hydrogen (secondary N) is 1. The van der Waals surface area contributed by atoms with Crippen LogP contribution in [0.3, 0.4) is 0 Å². The topological polar surface area (TPSA) is 78.0 Å². The van der Waals surface area contributed by atoms with Crippen molar-refractivity contribution in [1.29, 1.82) is 0 Å². The summed E-state index contributed by atoms with van der Waals surface area (Å²) in [5.41, 5.74) is 1.11. The van der Waals surface area contributed by atoms with Crippen LogP contribution in [-0.2, 0) is 0 Å². The van der Waals surface area contributed by atoms with Gasteiger partial charge in [-0.3, -0.25) is 4.79 Å². The molecule has 5 rings (SSSR count). The molecule has 2 aromatic heterocycles. The quantitative estimate of drug-likeness (QED) is 0.911. The van der Waals surface area contributed by atoms with Crippen molar-refractivity contribution < 1.29 is 0 Å². The molecule has 3 aliphatic rings. The molecule has 7 heteroatoms. The number of rotatable bonds is 3. The molecule has 2 saturated heterocycles. The van der Waals surface area contributed by atoms with Crippen molar-refractivity contribution in [3.8, 4) is 0 Å². The predicted molar refractivity (Wildman–Crippen MR) is 94.9 cm³/mol. The monoisotopic (exact) mass is 338 g/mol. The molecule has 1 N–H and O–H groups in total. The normalized spacial score (nSPS) is 25.9. The largest absolute Gasteiger partial charge is 0.356 e. The van der Waals surface area contributed by atoms with Gasteiger partial charge in [0, 0.05) is 68.1 Å². The van der Waals surface area contributed by atoms with E-state index in [1.54, 1.807) is 18.7 Å². The molecule has 130 valence electrons. The van der Waals surface area contributed by atoms with Crippen LogP contribution < -0.4 is 15.4 Å². The standard InChI is InChI=1S/C18H22N6O/c25-18-17(19-4-5-20-18)24-9-13-7-23(8-14(13)10-24)16-6-15(21-11-22-16)12-2-1-3-12/h4-6,11-14H,1-3,7-10H2,(H,20,25). The Hall–Kier alpha value is -2.44. The molecule has 0 amide bonds. The van der Waals surface area contributed by atoms with Gasteiger partial charge in [-0.2, -0.15) is 0 Å². The van der Waals surface area contributed by atoms with Crippen molar-refractivity contribution in [3.63, 3.8) is 0 Å². The van der Waals surface area contributed by atoms with Crippen LogP contribution in [0.1, 0.15) is 30.9 Å². The van der Waals surface area contributed by atoms with Gasteiger partial charge in [0.2, 0.25) is 0 Å². The van der Waals surface area contributed by atoms with Crippen LogP contribution in [0.2, 0.25) is 0 Å². The number of hydrogen-bond donors (Lipinski definition) is 1. The molecule has 3 fully saturated rings. The van der Waals surface area contributed by atoms with E-state index in [0.717, 1.165) is 32.0 Å². The van der Waals surface area contributed by atoms with E-state index >= 15 is 0 Å². The second-order valence-electron chi connectivity index (χ2n) is 7.50. The minimum atomic E-state index is -0.0970. The zero-order valence-corrected chi connectivity index (χ0v) is 14.1. The third-order valence-electron chi connectivity index (χ3n) is 6.00. The van der Waals surface area contributed by atoms with Gasteiger partial charge in [-0.15, -0.1) is 0 Å². The number of anilines is 2. The summed E-state index contributed by atoms with van der Waals surface area (Å²) in [5, 5.41) is 0. The molecule has 2 atom stereocenters. The smallest absolute Gasteiger partial charge is 0.290 e. The Morgan fingerprint density at radius 3 is 2.44 bits per heavy atom. The summed E-state index contributed by atoms with van der Waals surface area (Å²) in [6.45, 7) is 3.77. The molecular formula is C18H22N6O. The fourth-order valence-electron chi connectivity index (χ4n) is 4.38. The van der Waals surface area contributed by atoms with Crippen LogP contribution in [0.5, 0.6) is 0 Å². The van der Waals surface area contributed by atoms with Crippen molar-refractivity contribution in [2.45, 2.75) is 25.2 Å². The molecule has 7 nitrogen and oxygen atoms in total. The average Bonchev–Trinajstić information content (AvgIpc) is 3.13. The summed E-state index contributed by atoms with van der Waals surface area (Å²) in [6.07, 6.45) is 8.79. The van der Waals surface area contributed by atoms with Crippen molar-refractivity contribution in [2.75, 3.05) is 36.0 Å². The molecule has 2 aromatic rings. The lowest BCUT2D eigenvalue weighted by atomic mass is 9.83. The number of nitrogens with zero attached hydrogens (tertiary/aromatic N) is 5. The van der Waals surface area contributed by atoms with Gasteiger partial charge in [-0.05, 0) is 12.8 Å². The van der Waals surface area contributed by atoms with Crippen LogP contribution in [0.15, 0.2) is 29.6 Å². The average molecular weight is 338 g/mol. The maximum atomic E-state index is 12.0. The number of aromatic nitrogens is 4. The first-order chi connectivity index (χ1) is 12.3. The van der Waals surface area contributed by atoms with E-state index in [-0.39, 0.29) is 5.56 Å². The Labute approximate surface area is 146 Å². The third-order valence-corrected chi connectivity index (χ3v) is 6.00. The highest BCUT2D eigenvalue weighted by Gasteiger charge is 2.41. The van der Waals surface area contributed by atoms with E-state index in [2.05, 4.69) is 35.8 Å². The molecule has 1 saturated carbocycles. The predicted octanol–water partition coefficient (Wildman–Crippen LogP) is 1.40. The fourth-order valence-corrected chi connectivity index (χ4v) is 4.38. The lowest BCUT2D eigenvalue weighted by Gasteiger charge is -2.26. The Kier molecular flexibility index (Phi) is 3.46. The summed E-state index contributed by atoms with van der Waals surface area (Å²) < 4.78 is 0. The van der Waals surface area contributed by atoms with Gasteiger partial charge in [0.05, 0.1) is 0 Å². The summed E-state index contributed by atoms with van der Waals surface area (Å²) in [6, 6.07) is 2.19. The Bertz CT molecular complexity index is 818. The van der Waals surface area contributed by atoms with Crippen LogP contribution in [0.4, 0.5) is 11.6 Å². The third kappa shape index (κ3) is 2.58. The minimum absolute atomic E-state index is 0.0970. The zero-order valence-electron chi connectivity index (χ0n) is 14.1. The second kappa shape index (κ2) is 5.82. The molecule has 2 aliphatic heterocycles. The van der Waals surface area contributed by atoms with Gasteiger partial charge in [0.25, 0.3) is 5.56 Å². The first kappa shape index (κ1) is 14.9. The summed E-state index contributed by atoms with van der Waals surface area (Å²) >= 11 is 0. The van der Waals surface area contributed by atoms with Gasteiger partial charge in [-0.25, -0.2) is 15.0 Å². The molecule has 1 aliphatic carbocycles. The SMILES string of the molecule is O=c1[nH]ccnc1N1CC2CN(c3cc(C4CCC4)ncn3)CC2C1. The first-order valence-electron chi connectivity index (χ1n) is 9.13. The number of hydrogen-bond acceptors (Lipinski definition) is 6. The lowest BCUT2D eigenvalue weighted by Crippen LogP contribution is -2.32. The molecular weight excluding hydrogens is 316 g/mol. The van der Waals surface area contributed by atoms with Gasteiger partial charge in [-0.1, -0.05) is 6.42 Å². The highest BCUT2D eigenvalue weighted by Crippen LogP contribution is 2.38. The molecule has 0 spiro atoms. The van der Waals surface area contributed by atoms with Crippen molar-refractivity contribution in [3.05, 3.63) is 40.8 Å². The van der Waals surface area contributed by atoms with Crippen molar-refractivity contribution in [2.24, 2.45) is 11.8 Å². The van der Waals surface area contributed by atoms with Gasteiger partial charge in [0.1, 0.15) is 12.1 Å². The van der Waals surface area contributed by atoms with Gasteiger partial charge in [0.15, 0.2) is 5.82 Å². The fraction of sp³-hybridized carbons (Fsp3) is 0.556. The Morgan fingerprint density at radius 2 is 1.76 bits per heavy atom. The minimum Gasteiger partial charge on any atom is -0.356 e. The molecule has 0 bridgehead atoms. The Balaban J connectivity index is 1.29. The van der Waals surface area contributed by atoms with Crippen LogP contribution in [-0.4, -0.2) is 46.1 Å². The molecule has 2 unspecified atom stereocenters. The lowest BCUT2D eigenvalue weighted by molar-refractivity contribution is 0.410. The Morgan fingerprint density at radius 1 is 1.00 bits per heavy atom. The van der Waals surface area contributed by atoms with Crippen molar-refractivity contribution >= 4 is 11.6 Å². The van der Waals surface area contributed by atoms with Crippen LogP contribution >= 0.6 is 0 Å². The van der Waals surface area contributed by atoms with Gasteiger partial charge < -0.3 is 14.8 Å². The number of H-pyrrole nitrogens is 1. The van der Waals surface area contributed by atoms with Crippen LogP contribution in [0.25, 0.3) is 0 Å². The zero-order chi connectivity index (χ0) is 16.8. The van der Waals surface area contributed by atoms with E-state index in [1.165, 1.54) is 25.0 Å². The van der Waals surface area contributed by atoms with E-state index in [4.69, 9.17) is 0 Å². The second-order valence-corrected chi connectivity index (χ2v) is 7.50.